The van der Waals surface area contributed by atoms with E-state index in [4.69, 9.17) is 9.47 Å². The van der Waals surface area contributed by atoms with Gasteiger partial charge in [-0.3, -0.25) is 9.69 Å². The third-order valence-corrected chi connectivity index (χ3v) is 4.91. The van der Waals surface area contributed by atoms with Crippen molar-refractivity contribution >= 4 is 11.9 Å². The van der Waals surface area contributed by atoms with Crippen molar-refractivity contribution in [3.8, 4) is 0 Å². The standard InChI is InChI=1S/C19H25NO4/c1-13(2)18(21)15-8-16-11-23-12-17(9-15)20(16)19(22)24-10-14-6-4-3-5-7-14/h3-7,13,15-17H,8-12H2,1-2H3. The molecule has 1 aromatic carbocycles. The van der Waals surface area contributed by atoms with Gasteiger partial charge in [0.1, 0.15) is 12.4 Å². The first-order valence-electron chi connectivity index (χ1n) is 8.66. The molecule has 2 atom stereocenters. The minimum absolute atomic E-state index is 0.0297. The van der Waals surface area contributed by atoms with Crippen LogP contribution in [0.15, 0.2) is 30.3 Å². The summed E-state index contributed by atoms with van der Waals surface area (Å²) in [5.41, 5.74) is 0.970. The lowest BCUT2D eigenvalue weighted by Gasteiger charge is -2.47. The minimum atomic E-state index is -0.299. The summed E-state index contributed by atoms with van der Waals surface area (Å²) in [5.74, 6) is 0.361. The molecule has 1 amide bonds. The van der Waals surface area contributed by atoms with Crippen LogP contribution in [-0.2, 0) is 20.9 Å². The summed E-state index contributed by atoms with van der Waals surface area (Å²) in [6, 6.07) is 9.53. The van der Waals surface area contributed by atoms with Gasteiger partial charge < -0.3 is 9.47 Å². The summed E-state index contributed by atoms with van der Waals surface area (Å²) in [4.78, 5) is 26.7. The molecule has 130 valence electrons. The van der Waals surface area contributed by atoms with E-state index in [1.807, 2.05) is 44.2 Å². The molecule has 0 aliphatic carbocycles. The number of morpholine rings is 1. The fourth-order valence-corrected chi connectivity index (χ4v) is 3.71. The normalized spacial score (nSPS) is 26.3. The fourth-order valence-electron chi connectivity index (χ4n) is 3.71. The molecule has 2 saturated heterocycles. The summed E-state index contributed by atoms with van der Waals surface area (Å²) >= 11 is 0. The maximum absolute atomic E-state index is 12.6. The Morgan fingerprint density at radius 2 is 1.79 bits per heavy atom. The zero-order valence-electron chi connectivity index (χ0n) is 14.3. The van der Waals surface area contributed by atoms with Crippen LogP contribution in [0.1, 0.15) is 32.3 Å². The summed E-state index contributed by atoms with van der Waals surface area (Å²) in [6.45, 7) is 5.12. The summed E-state index contributed by atoms with van der Waals surface area (Å²) < 4.78 is 11.1. The van der Waals surface area contributed by atoms with Crippen molar-refractivity contribution in [1.82, 2.24) is 4.90 Å². The van der Waals surface area contributed by atoms with Crippen LogP contribution >= 0.6 is 0 Å². The Hall–Kier alpha value is -1.88. The highest BCUT2D eigenvalue weighted by Crippen LogP contribution is 2.34. The first-order valence-corrected chi connectivity index (χ1v) is 8.66. The number of hydrogen-bond acceptors (Lipinski definition) is 4. The van der Waals surface area contributed by atoms with Gasteiger partial charge in [0.2, 0.25) is 0 Å². The van der Waals surface area contributed by atoms with E-state index in [2.05, 4.69) is 0 Å². The summed E-state index contributed by atoms with van der Waals surface area (Å²) in [5, 5.41) is 0. The van der Waals surface area contributed by atoms with E-state index in [1.165, 1.54) is 0 Å². The Morgan fingerprint density at radius 3 is 2.38 bits per heavy atom. The van der Waals surface area contributed by atoms with Gasteiger partial charge in [-0.25, -0.2) is 4.79 Å². The fraction of sp³-hybridized carbons (Fsp3) is 0.579. The number of Topliss-reactive ketones (excluding diaryl/α,β-unsaturated/α-hetero) is 1. The van der Waals surface area contributed by atoms with Crippen LogP contribution in [0.5, 0.6) is 0 Å². The molecule has 2 heterocycles. The van der Waals surface area contributed by atoms with E-state index in [9.17, 15) is 9.59 Å². The second-order valence-corrected chi connectivity index (χ2v) is 7.02. The van der Waals surface area contributed by atoms with E-state index >= 15 is 0 Å². The van der Waals surface area contributed by atoms with Gasteiger partial charge in [0.25, 0.3) is 0 Å². The molecule has 24 heavy (non-hydrogen) atoms. The maximum atomic E-state index is 12.6. The highest BCUT2D eigenvalue weighted by molar-refractivity contribution is 5.83. The monoisotopic (exact) mass is 331 g/mol. The van der Waals surface area contributed by atoms with Gasteiger partial charge in [-0.1, -0.05) is 44.2 Å². The van der Waals surface area contributed by atoms with Crippen molar-refractivity contribution in [3.05, 3.63) is 35.9 Å². The third-order valence-electron chi connectivity index (χ3n) is 4.91. The lowest BCUT2D eigenvalue weighted by Crippen LogP contribution is -2.60. The quantitative estimate of drug-likeness (QED) is 0.851. The molecule has 0 spiro atoms. The van der Waals surface area contributed by atoms with Gasteiger partial charge in [-0.05, 0) is 18.4 Å². The van der Waals surface area contributed by atoms with Crippen LogP contribution in [0.25, 0.3) is 0 Å². The minimum Gasteiger partial charge on any atom is -0.445 e. The van der Waals surface area contributed by atoms with Crippen LogP contribution in [-0.4, -0.2) is 42.1 Å². The van der Waals surface area contributed by atoms with Crippen molar-refractivity contribution in [1.29, 1.82) is 0 Å². The second kappa shape index (κ2) is 7.34. The molecule has 0 aromatic heterocycles. The molecule has 2 bridgehead atoms. The molecular weight excluding hydrogens is 306 g/mol. The van der Waals surface area contributed by atoms with Crippen molar-refractivity contribution in [2.75, 3.05) is 13.2 Å². The van der Waals surface area contributed by atoms with Crippen molar-refractivity contribution in [3.63, 3.8) is 0 Å². The average molecular weight is 331 g/mol. The third kappa shape index (κ3) is 3.61. The van der Waals surface area contributed by atoms with Crippen molar-refractivity contribution in [2.24, 2.45) is 11.8 Å². The first-order chi connectivity index (χ1) is 11.6. The number of ether oxygens (including phenoxy) is 2. The molecule has 2 fully saturated rings. The van der Waals surface area contributed by atoms with E-state index in [1.54, 1.807) is 4.90 Å². The smallest absolute Gasteiger partial charge is 0.410 e. The Morgan fingerprint density at radius 1 is 1.17 bits per heavy atom. The van der Waals surface area contributed by atoms with Crippen LogP contribution < -0.4 is 0 Å². The summed E-state index contributed by atoms with van der Waals surface area (Å²) in [6.07, 6.45) is 1.05. The number of ketones is 1. The van der Waals surface area contributed by atoms with Crippen molar-refractivity contribution < 1.29 is 19.1 Å². The van der Waals surface area contributed by atoms with E-state index in [0.29, 0.717) is 31.8 Å². The molecule has 5 heteroatoms. The lowest BCUT2D eigenvalue weighted by atomic mass is 9.80. The molecule has 2 aliphatic heterocycles. The van der Waals surface area contributed by atoms with Crippen LogP contribution in [0.4, 0.5) is 4.79 Å². The highest BCUT2D eigenvalue weighted by Gasteiger charge is 2.44. The molecular formula is C19H25NO4. The predicted octanol–water partition coefficient (Wildman–Crippen LogP) is 3.03. The van der Waals surface area contributed by atoms with E-state index < -0.39 is 0 Å². The van der Waals surface area contributed by atoms with Gasteiger partial charge in [-0.15, -0.1) is 0 Å². The van der Waals surface area contributed by atoms with Crippen molar-refractivity contribution in [2.45, 2.75) is 45.4 Å². The van der Waals surface area contributed by atoms with Crippen LogP contribution in [0.3, 0.4) is 0 Å². The molecule has 1 aromatic rings. The number of carbonyl (C=O) groups excluding carboxylic acids is 2. The number of hydrogen-bond donors (Lipinski definition) is 0. The first kappa shape index (κ1) is 17.0. The Kier molecular flexibility index (Phi) is 5.19. The number of nitrogens with zero attached hydrogens (tertiary/aromatic N) is 1. The maximum Gasteiger partial charge on any atom is 0.410 e. The van der Waals surface area contributed by atoms with Gasteiger partial charge in [0.15, 0.2) is 0 Å². The number of fused-ring (bicyclic) bond motifs is 2. The largest absolute Gasteiger partial charge is 0.445 e. The zero-order chi connectivity index (χ0) is 17.1. The number of carbonyl (C=O) groups is 2. The summed E-state index contributed by atoms with van der Waals surface area (Å²) in [7, 11) is 0. The number of rotatable bonds is 4. The predicted molar refractivity (Wildman–Crippen MR) is 89.4 cm³/mol. The molecule has 0 radical (unpaired) electrons. The molecule has 3 rings (SSSR count). The van der Waals surface area contributed by atoms with Gasteiger partial charge >= 0.3 is 6.09 Å². The number of benzene rings is 1. The Bertz CT molecular complexity index is 572. The van der Waals surface area contributed by atoms with Crippen LogP contribution in [0.2, 0.25) is 0 Å². The lowest BCUT2D eigenvalue weighted by molar-refractivity contribution is -0.134. The molecule has 0 N–H and O–H groups in total. The average Bonchev–Trinajstić information content (AvgIpc) is 2.58. The Labute approximate surface area is 142 Å². The van der Waals surface area contributed by atoms with Crippen LogP contribution in [0, 0.1) is 11.8 Å². The second-order valence-electron chi connectivity index (χ2n) is 7.02. The zero-order valence-corrected chi connectivity index (χ0v) is 14.3. The molecule has 2 unspecified atom stereocenters. The molecule has 2 aliphatic rings. The number of piperidine rings is 1. The van der Waals surface area contributed by atoms with E-state index in [0.717, 1.165) is 5.56 Å². The Balaban J connectivity index is 1.63. The topological polar surface area (TPSA) is 55.8 Å². The highest BCUT2D eigenvalue weighted by atomic mass is 16.6. The number of amides is 1. The van der Waals surface area contributed by atoms with E-state index in [-0.39, 0.29) is 36.6 Å². The molecule has 5 nitrogen and oxygen atoms in total. The molecule has 0 saturated carbocycles. The van der Waals surface area contributed by atoms with Gasteiger partial charge in [0.05, 0.1) is 25.3 Å². The van der Waals surface area contributed by atoms with Gasteiger partial charge in [-0.2, -0.15) is 0 Å². The SMILES string of the molecule is CC(C)C(=O)C1CC2COCC(C1)N2C(=O)OCc1ccccc1. The van der Waals surface area contributed by atoms with Gasteiger partial charge in [0, 0.05) is 11.8 Å².